The molecule has 2 rings (SSSR count). The molecule has 4 nitrogen and oxygen atoms in total. The van der Waals surface area contributed by atoms with Crippen LogP contribution in [-0.2, 0) is 4.79 Å². The lowest BCUT2D eigenvalue weighted by atomic mass is 9.82. The highest BCUT2D eigenvalue weighted by molar-refractivity contribution is 5.78. The maximum atomic E-state index is 11.7. The van der Waals surface area contributed by atoms with Crippen LogP contribution in [0.3, 0.4) is 0 Å². The minimum Gasteiger partial charge on any atom is -0.355 e. The van der Waals surface area contributed by atoms with Gasteiger partial charge < -0.3 is 10.6 Å². The first-order chi connectivity index (χ1) is 8.24. The molecule has 2 saturated heterocycles. The summed E-state index contributed by atoms with van der Waals surface area (Å²) in [7, 11) is 2.06. The van der Waals surface area contributed by atoms with Gasteiger partial charge in [-0.3, -0.25) is 9.69 Å². The van der Waals surface area contributed by atoms with E-state index in [0.29, 0.717) is 24.7 Å². The highest BCUT2D eigenvalue weighted by atomic mass is 16.2. The summed E-state index contributed by atoms with van der Waals surface area (Å²) in [6.45, 7) is 3.31. The van der Waals surface area contributed by atoms with E-state index in [4.69, 9.17) is 0 Å². The fourth-order valence-corrected chi connectivity index (χ4v) is 3.39. The zero-order valence-corrected chi connectivity index (χ0v) is 11.0. The van der Waals surface area contributed by atoms with Crippen LogP contribution in [0.25, 0.3) is 0 Å². The van der Waals surface area contributed by atoms with Crippen LogP contribution in [0.1, 0.15) is 39.0 Å². The zero-order chi connectivity index (χ0) is 12.3. The van der Waals surface area contributed by atoms with Gasteiger partial charge in [-0.25, -0.2) is 0 Å². The average Bonchev–Trinajstić information content (AvgIpc) is 2.28. The van der Waals surface area contributed by atoms with Crippen molar-refractivity contribution >= 4 is 5.91 Å². The lowest BCUT2D eigenvalue weighted by Crippen LogP contribution is -2.58. The highest BCUT2D eigenvalue weighted by Crippen LogP contribution is 2.33. The zero-order valence-electron chi connectivity index (χ0n) is 11.0. The average molecular weight is 239 g/mol. The van der Waals surface area contributed by atoms with E-state index < -0.39 is 0 Å². The second-order valence-corrected chi connectivity index (χ2v) is 5.32. The molecule has 2 heterocycles. The van der Waals surface area contributed by atoms with Gasteiger partial charge in [-0.1, -0.05) is 6.42 Å². The molecule has 0 spiro atoms. The van der Waals surface area contributed by atoms with Crippen LogP contribution >= 0.6 is 0 Å². The minimum atomic E-state index is 0.187. The molecule has 0 aromatic rings. The van der Waals surface area contributed by atoms with Crippen LogP contribution in [0.4, 0.5) is 0 Å². The number of amides is 1. The quantitative estimate of drug-likeness (QED) is 0.760. The SMILES string of the molecule is CCNC(=O)CN1C2CCCC1CC(NC)C2. The Morgan fingerprint density at radius 1 is 1.29 bits per heavy atom. The molecule has 2 unspecified atom stereocenters. The molecule has 2 bridgehead atoms. The van der Waals surface area contributed by atoms with Gasteiger partial charge in [0.05, 0.1) is 6.54 Å². The first kappa shape index (κ1) is 12.8. The van der Waals surface area contributed by atoms with Crippen molar-refractivity contribution in [2.24, 2.45) is 0 Å². The largest absolute Gasteiger partial charge is 0.355 e. The van der Waals surface area contributed by atoms with Crippen molar-refractivity contribution in [1.29, 1.82) is 0 Å². The van der Waals surface area contributed by atoms with E-state index in [-0.39, 0.29) is 5.91 Å². The monoisotopic (exact) mass is 239 g/mol. The van der Waals surface area contributed by atoms with E-state index in [2.05, 4.69) is 22.6 Å². The van der Waals surface area contributed by atoms with Gasteiger partial charge in [0.1, 0.15) is 0 Å². The third-order valence-electron chi connectivity index (χ3n) is 4.23. The van der Waals surface area contributed by atoms with E-state index >= 15 is 0 Å². The molecule has 2 N–H and O–H groups in total. The fourth-order valence-electron chi connectivity index (χ4n) is 3.39. The molecule has 0 saturated carbocycles. The molecular formula is C13H25N3O. The number of hydrogen-bond donors (Lipinski definition) is 2. The summed E-state index contributed by atoms with van der Waals surface area (Å²) in [6.07, 6.45) is 6.25. The third-order valence-corrected chi connectivity index (χ3v) is 4.23. The first-order valence-electron chi connectivity index (χ1n) is 6.94. The summed E-state index contributed by atoms with van der Waals surface area (Å²) in [5, 5.41) is 6.32. The van der Waals surface area contributed by atoms with Gasteiger partial charge in [0.15, 0.2) is 0 Å². The Hall–Kier alpha value is -0.610. The maximum Gasteiger partial charge on any atom is 0.234 e. The Kier molecular flexibility index (Phi) is 4.40. The summed E-state index contributed by atoms with van der Waals surface area (Å²) in [5.74, 6) is 0.187. The van der Waals surface area contributed by atoms with Gasteiger partial charge in [0.25, 0.3) is 0 Å². The summed E-state index contributed by atoms with van der Waals surface area (Å²) < 4.78 is 0. The van der Waals surface area contributed by atoms with Gasteiger partial charge in [-0.15, -0.1) is 0 Å². The van der Waals surface area contributed by atoms with Crippen LogP contribution in [0.2, 0.25) is 0 Å². The second kappa shape index (κ2) is 5.83. The molecule has 2 fully saturated rings. The van der Waals surface area contributed by atoms with E-state index in [1.54, 1.807) is 0 Å². The van der Waals surface area contributed by atoms with E-state index in [0.717, 1.165) is 6.54 Å². The Morgan fingerprint density at radius 2 is 1.94 bits per heavy atom. The normalized spacial score (nSPS) is 33.4. The Labute approximate surface area is 104 Å². The Balaban J connectivity index is 1.95. The van der Waals surface area contributed by atoms with Crippen LogP contribution in [-0.4, -0.2) is 49.1 Å². The molecule has 2 atom stereocenters. The minimum absolute atomic E-state index is 0.187. The third kappa shape index (κ3) is 2.99. The molecule has 0 aliphatic carbocycles. The number of carbonyl (C=O) groups is 1. The van der Waals surface area contributed by atoms with Crippen LogP contribution in [0.15, 0.2) is 0 Å². The van der Waals surface area contributed by atoms with Crippen LogP contribution in [0.5, 0.6) is 0 Å². The maximum absolute atomic E-state index is 11.7. The van der Waals surface area contributed by atoms with Gasteiger partial charge in [-0.2, -0.15) is 0 Å². The van der Waals surface area contributed by atoms with Crippen molar-refractivity contribution in [2.75, 3.05) is 20.1 Å². The molecule has 98 valence electrons. The van der Waals surface area contributed by atoms with Gasteiger partial charge in [-0.05, 0) is 39.7 Å². The highest BCUT2D eigenvalue weighted by Gasteiger charge is 2.38. The number of likely N-dealkylation sites (N-methyl/N-ethyl adjacent to an activating group) is 1. The molecule has 17 heavy (non-hydrogen) atoms. The number of carbonyl (C=O) groups excluding carboxylic acids is 1. The number of rotatable bonds is 4. The topological polar surface area (TPSA) is 44.4 Å². The molecule has 0 aromatic carbocycles. The number of hydrogen-bond acceptors (Lipinski definition) is 3. The molecule has 4 heteroatoms. The second-order valence-electron chi connectivity index (χ2n) is 5.32. The fraction of sp³-hybridized carbons (Fsp3) is 0.923. The lowest BCUT2D eigenvalue weighted by Gasteiger charge is -2.48. The molecule has 2 aliphatic heterocycles. The molecule has 2 aliphatic rings. The molecule has 0 radical (unpaired) electrons. The number of nitrogens with one attached hydrogen (secondary N) is 2. The van der Waals surface area contributed by atoms with Crippen molar-refractivity contribution in [2.45, 2.75) is 57.2 Å². The van der Waals surface area contributed by atoms with Crippen molar-refractivity contribution in [3.63, 3.8) is 0 Å². The first-order valence-corrected chi connectivity index (χ1v) is 6.94. The van der Waals surface area contributed by atoms with Gasteiger partial charge >= 0.3 is 0 Å². The predicted molar refractivity (Wildman–Crippen MR) is 68.9 cm³/mol. The Bertz CT molecular complexity index is 255. The number of piperidine rings is 2. The molecule has 0 aromatic heterocycles. The van der Waals surface area contributed by atoms with Crippen molar-refractivity contribution in [3.8, 4) is 0 Å². The number of fused-ring (bicyclic) bond motifs is 2. The van der Waals surface area contributed by atoms with Gasteiger partial charge in [0.2, 0.25) is 5.91 Å². The summed E-state index contributed by atoms with van der Waals surface area (Å²) in [4.78, 5) is 14.2. The number of nitrogens with zero attached hydrogens (tertiary/aromatic N) is 1. The lowest BCUT2D eigenvalue weighted by molar-refractivity contribution is -0.125. The van der Waals surface area contributed by atoms with E-state index in [1.807, 2.05) is 6.92 Å². The Morgan fingerprint density at radius 3 is 2.47 bits per heavy atom. The molecular weight excluding hydrogens is 214 g/mol. The van der Waals surface area contributed by atoms with Crippen LogP contribution in [0, 0.1) is 0 Å². The van der Waals surface area contributed by atoms with Crippen molar-refractivity contribution in [1.82, 2.24) is 15.5 Å². The van der Waals surface area contributed by atoms with Gasteiger partial charge in [0, 0.05) is 24.7 Å². The summed E-state index contributed by atoms with van der Waals surface area (Å²) in [5.41, 5.74) is 0. The molecule has 1 amide bonds. The smallest absolute Gasteiger partial charge is 0.234 e. The van der Waals surface area contributed by atoms with Crippen molar-refractivity contribution in [3.05, 3.63) is 0 Å². The van der Waals surface area contributed by atoms with Crippen LogP contribution < -0.4 is 10.6 Å². The summed E-state index contributed by atoms with van der Waals surface area (Å²) in [6, 6.07) is 1.88. The summed E-state index contributed by atoms with van der Waals surface area (Å²) >= 11 is 0. The van der Waals surface area contributed by atoms with E-state index in [1.165, 1.54) is 32.1 Å². The predicted octanol–water partition coefficient (Wildman–Crippen LogP) is 0.727. The standard InChI is InChI=1S/C13H25N3O/c1-3-15-13(17)9-16-11-5-4-6-12(16)8-10(7-11)14-2/h10-12,14H,3-9H2,1-2H3,(H,15,17). The van der Waals surface area contributed by atoms with E-state index in [9.17, 15) is 4.79 Å². The van der Waals surface area contributed by atoms with Crippen molar-refractivity contribution < 1.29 is 4.79 Å².